The molecular formula is C14H15FN6. The van der Waals surface area contributed by atoms with Crippen LogP contribution in [-0.4, -0.2) is 26.7 Å². The maximum atomic E-state index is 14.0. The highest BCUT2D eigenvalue weighted by Crippen LogP contribution is 2.25. The highest BCUT2D eigenvalue weighted by Gasteiger charge is 2.11. The third-order valence-electron chi connectivity index (χ3n) is 3.02. The number of halogens is 1. The molecule has 0 radical (unpaired) electrons. The van der Waals surface area contributed by atoms with E-state index in [9.17, 15) is 4.39 Å². The van der Waals surface area contributed by atoms with E-state index in [1.165, 1.54) is 6.07 Å². The van der Waals surface area contributed by atoms with Gasteiger partial charge in [-0.05, 0) is 31.5 Å². The van der Waals surface area contributed by atoms with Crippen molar-refractivity contribution >= 4 is 28.5 Å². The van der Waals surface area contributed by atoms with Crippen LogP contribution in [0.1, 0.15) is 12.5 Å². The molecule has 21 heavy (non-hydrogen) atoms. The van der Waals surface area contributed by atoms with E-state index in [0.717, 1.165) is 5.56 Å². The van der Waals surface area contributed by atoms with Crippen LogP contribution in [0.3, 0.4) is 0 Å². The van der Waals surface area contributed by atoms with Crippen molar-refractivity contribution in [2.24, 2.45) is 0 Å². The molecule has 3 N–H and O–H groups in total. The topological polar surface area (TPSA) is 78.5 Å². The van der Waals surface area contributed by atoms with Crippen molar-refractivity contribution in [3.63, 3.8) is 0 Å². The number of rotatable bonds is 4. The van der Waals surface area contributed by atoms with Crippen molar-refractivity contribution in [3.8, 4) is 0 Å². The van der Waals surface area contributed by atoms with Crippen LogP contribution in [0, 0.1) is 12.7 Å². The van der Waals surface area contributed by atoms with Crippen LogP contribution < -0.4 is 10.6 Å². The average molecular weight is 286 g/mol. The molecule has 7 heteroatoms. The number of anilines is 3. The Kier molecular flexibility index (Phi) is 3.39. The van der Waals surface area contributed by atoms with Gasteiger partial charge in [-0.25, -0.2) is 4.39 Å². The summed E-state index contributed by atoms with van der Waals surface area (Å²) in [6, 6.07) is 5.00. The highest BCUT2D eigenvalue weighted by molar-refractivity contribution is 5.89. The first-order valence-corrected chi connectivity index (χ1v) is 6.65. The molecule has 0 saturated heterocycles. The normalized spacial score (nSPS) is 10.8. The van der Waals surface area contributed by atoms with E-state index in [1.54, 1.807) is 12.3 Å². The predicted octanol–water partition coefficient (Wildman–Crippen LogP) is 2.98. The molecule has 0 fully saturated rings. The Morgan fingerprint density at radius 1 is 1.29 bits per heavy atom. The lowest BCUT2D eigenvalue weighted by atomic mass is 10.2. The van der Waals surface area contributed by atoms with Crippen LogP contribution in [0.25, 0.3) is 11.0 Å². The number of nitrogens with zero attached hydrogens (tertiary/aromatic N) is 3. The van der Waals surface area contributed by atoms with E-state index >= 15 is 0 Å². The van der Waals surface area contributed by atoms with Gasteiger partial charge in [-0.2, -0.15) is 15.1 Å². The van der Waals surface area contributed by atoms with E-state index < -0.39 is 0 Å². The molecule has 3 rings (SSSR count). The number of aromatic nitrogens is 4. The molecule has 0 saturated carbocycles. The lowest BCUT2D eigenvalue weighted by molar-refractivity contribution is 0.630. The number of hydrogen-bond donors (Lipinski definition) is 3. The van der Waals surface area contributed by atoms with Gasteiger partial charge in [-0.1, -0.05) is 6.07 Å². The van der Waals surface area contributed by atoms with Gasteiger partial charge >= 0.3 is 0 Å². The standard InChI is InChI=1S/C14H15FN6/c1-3-16-14-19-12(9-7-17-21-13(9)20-14)18-11-5-4-8(2)6-10(11)15/h4-7H,3H2,1-2H3,(H3,16,17,18,19,20,21). The van der Waals surface area contributed by atoms with Gasteiger partial charge < -0.3 is 10.6 Å². The number of aryl methyl sites for hydroxylation is 1. The zero-order chi connectivity index (χ0) is 14.8. The zero-order valence-corrected chi connectivity index (χ0v) is 11.7. The Bertz CT molecular complexity index is 782. The molecule has 3 aromatic rings. The minimum Gasteiger partial charge on any atom is -0.354 e. The van der Waals surface area contributed by atoms with Gasteiger partial charge in [0.15, 0.2) is 5.65 Å². The van der Waals surface area contributed by atoms with E-state index in [4.69, 9.17) is 0 Å². The first-order valence-electron chi connectivity index (χ1n) is 6.65. The van der Waals surface area contributed by atoms with Crippen LogP contribution in [-0.2, 0) is 0 Å². The van der Waals surface area contributed by atoms with Crippen molar-refractivity contribution in [2.45, 2.75) is 13.8 Å². The Morgan fingerprint density at radius 3 is 2.90 bits per heavy atom. The Balaban J connectivity index is 2.04. The molecule has 0 unspecified atom stereocenters. The number of hydrogen-bond acceptors (Lipinski definition) is 5. The van der Waals surface area contributed by atoms with Crippen molar-refractivity contribution in [1.82, 2.24) is 20.2 Å². The molecule has 0 amide bonds. The summed E-state index contributed by atoms with van der Waals surface area (Å²) in [6.45, 7) is 4.49. The number of nitrogens with one attached hydrogen (secondary N) is 3. The molecular weight excluding hydrogens is 271 g/mol. The maximum absolute atomic E-state index is 14.0. The zero-order valence-electron chi connectivity index (χ0n) is 11.7. The van der Waals surface area contributed by atoms with E-state index in [1.807, 2.05) is 19.9 Å². The molecule has 0 atom stereocenters. The van der Waals surface area contributed by atoms with Crippen LogP contribution >= 0.6 is 0 Å². The summed E-state index contributed by atoms with van der Waals surface area (Å²) in [4.78, 5) is 8.65. The summed E-state index contributed by atoms with van der Waals surface area (Å²) in [7, 11) is 0. The fourth-order valence-corrected chi connectivity index (χ4v) is 2.02. The molecule has 108 valence electrons. The van der Waals surface area contributed by atoms with Crippen molar-refractivity contribution < 1.29 is 4.39 Å². The van der Waals surface area contributed by atoms with E-state index in [0.29, 0.717) is 35.0 Å². The smallest absolute Gasteiger partial charge is 0.226 e. The molecule has 1 aromatic carbocycles. The van der Waals surface area contributed by atoms with E-state index in [-0.39, 0.29) is 5.82 Å². The summed E-state index contributed by atoms with van der Waals surface area (Å²) in [5, 5.41) is 13.5. The summed E-state index contributed by atoms with van der Waals surface area (Å²) in [5.74, 6) is 0.645. The molecule has 2 heterocycles. The number of H-pyrrole nitrogens is 1. The largest absolute Gasteiger partial charge is 0.354 e. The van der Waals surface area contributed by atoms with Crippen molar-refractivity contribution in [1.29, 1.82) is 0 Å². The second-order valence-electron chi connectivity index (χ2n) is 4.67. The quantitative estimate of drug-likeness (QED) is 0.687. The number of benzene rings is 1. The summed E-state index contributed by atoms with van der Waals surface area (Å²) < 4.78 is 14.0. The highest BCUT2D eigenvalue weighted by atomic mass is 19.1. The SMILES string of the molecule is CCNc1nc(Nc2ccc(C)cc2F)c2cn[nH]c2n1. The average Bonchev–Trinajstić information content (AvgIpc) is 2.91. The molecule has 0 aliphatic carbocycles. The van der Waals surface area contributed by atoms with Gasteiger partial charge in [0.2, 0.25) is 5.95 Å². The Hall–Kier alpha value is -2.70. The minimum atomic E-state index is -0.324. The number of aromatic amines is 1. The van der Waals surface area contributed by atoms with Gasteiger partial charge in [0.05, 0.1) is 17.3 Å². The van der Waals surface area contributed by atoms with Crippen LogP contribution in [0.2, 0.25) is 0 Å². The first kappa shape index (κ1) is 13.3. The minimum absolute atomic E-state index is 0.324. The molecule has 2 aromatic heterocycles. The molecule has 6 nitrogen and oxygen atoms in total. The fraction of sp³-hybridized carbons (Fsp3) is 0.214. The second-order valence-corrected chi connectivity index (χ2v) is 4.67. The van der Waals surface area contributed by atoms with Crippen LogP contribution in [0.5, 0.6) is 0 Å². The number of fused-ring (bicyclic) bond motifs is 1. The molecule has 0 aliphatic heterocycles. The van der Waals surface area contributed by atoms with Crippen molar-refractivity contribution in [3.05, 3.63) is 35.8 Å². The monoisotopic (exact) mass is 286 g/mol. The maximum Gasteiger partial charge on any atom is 0.226 e. The van der Waals surface area contributed by atoms with Gasteiger partial charge in [-0.3, -0.25) is 5.10 Å². The Morgan fingerprint density at radius 2 is 2.14 bits per heavy atom. The lowest BCUT2D eigenvalue weighted by Gasteiger charge is -2.10. The van der Waals surface area contributed by atoms with Gasteiger partial charge in [0.1, 0.15) is 11.6 Å². The predicted molar refractivity (Wildman–Crippen MR) is 80.3 cm³/mol. The summed E-state index contributed by atoms with van der Waals surface area (Å²) >= 11 is 0. The fourth-order valence-electron chi connectivity index (χ4n) is 2.02. The third-order valence-corrected chi connectivity index (χ3v) is 3.02. The van der Waals surface area contributed by atoms with Gasteiger partial charge in [0, 0.05) is 6.54 Å². The summed E-state index contributed by atoms with van der Waals surface area (Å²) in [6.07, 6.45) is 1.61. The van der Waals surface area contributed by atoms with Gasteiger partial charge in [-0.15, -0.1) is 0 Å². The molecule has 0 spiro atoms. The van der Waals surface area contributed by atoms with Crippen LogP contribution in [0.4, 0.5) is 21.8 Å². The second kappa shape index (κ2) is 5.35. The van der Waals surface area contributed by atoms with Gasteiger partial charge in [0.25, 0.3) is 0 Å². The Labute approximate surface area is 120 Å². The molecule has 0 aliphatic rings. The van der Waals surface area contributed by atoms with Crippen LogP contribution in [0.15, 0.2) is 24.4 Å². The first-order chi connectivity index (χ1) is 10.2. The lowest BCUT2D eigenvalue weighted by Crippen LogP contribution is -2.05. The van der Waals surface area contributed by atoms with Crippen molar-refractivity contribution in [2.75, 3.05) is 17.2 Å². The summed E-state index contributed by atoms with van der Waals surface area (Å²) in [5.41, 5.74) is 1.82. The third kappa shape index (κ3) is 2.62. The van der Waals surface area contributed by atoms with E-state index in [2.05, 4.69) is 30.8 Å². The molecule has 0 bridgehead atoms.